The number of ether oxygens (including phenoxy) is 2. The zero-order valence-corrected chi connectivity index (χ0v) is 20.1. The van der Waals surface area contributed by atoms with Crippen LogP contribution in [0.2, 0.25) is 0 Å². The van der Waals surface area contributed by atoms with Crippen molar-refractivity contribution >= 4 is 17.7 Å². The first kappa shape index (κ1) is 24.8. The minimum absolute atomic E-state index is 0.0627. The molecular weight excluding hydrogens is 416 g/mol. The fourth-order valence-corrected chi connectivity index (χ4v) is 4.14. The average molecular weight is 453 g/mol. The molecule has 1 aliphatic heterocycles. The highest BCUT2D eigenvalue weighted by molar-refractivity contribution is 5.78. The maximum absolute atomic E-state index is 11.7. The van der Waals surface area contributed by atoms with E-state index in [4.69, 9.17) is 9.47 Å². The lowest BCUT2D eigenvalue weighted by Gasteiger charge is -2.28. The summed E-state index contributed by atoms with van der Waals surface area (Å²) in [6, 6.07) is 16.2. The van der Waals surface area contributed by atoms with E-state index >= 15 is 0 Å². The lowest BCUT2D eigenvalue weighted by atomic mass is 10.0. The van der Waals surface area contributed by atoms with E-state index in [1.165, 1.54) is 0 Å². The van der Waals surface area contributed by atoms with Gasteiger partial charge in [0, 0.05) is 30.9 Å². The average Bonchev–Trinajstić information content (AvgIpc) is 3.19. The van der Waals surface area contributed by atoms with Gasteiger partial charge in [0.1, 0.15) is 12.0 Å². The van der Waals surface area contributed by atoms with Crippen LogP contribution in [0.5, 0.6) is 5.75 Å². The zero-order chi connectivity index (χ0) is 24.0. The van der Waals surface area contributed by atoms with Crippen molar-refractivity contribution in [3.63, 3.8) is 0 Å². The second-order valence-electron chi connectivity index (χ2n) is 8.85. The van der Waals surface area contributed by atoms with E-state index in [-0.39, 0.29) is 18.4 Å². The van der Waals surface area contributed by atoms with Crippen LogP contribution >= 0.6 is 0 Å². The smallest absolute Gasteiger partial charge is 0.347 e. The van der Waals surface area contributed by atoms with Crippen LogP contribution in [-0.4, -0.2) is 42.4 Å². The van der Waals surface area contributed by atoms with Gasteiger partial charge in [-0.05, 0) is 50.8 Å². The van der Waals surface area contributed by atoms with Gasteiger partial charge in [0.05, 0.1) is 6.10 Å². The Bertz CT molecular complexity index is 948. The number of hydrogen-bond acceptors (Lipinski definition) is 5. The highest BCUT2D eigenvalue weighted by Crippen LogP contribution is 2.34. The summed E-state index contributed by atoms with van der Waals surface area (Å²) in [5, 5.41) is 13.2. The summed E-state index contributed by atoms with van der Waals surface area (Å²) in [5.41, 5.74) is 1.64. The molecule has 33 heavy (non-hydrogen) atoms. The Hall–Kier alpha value is -2.83. The van der Waals surface area contributed by atoms with Gasteiger partial charge < -0.3 is 19.5 Å². The summed E-state index contributed by atoms with van der Waals surface area (Å²) < 4.78 is 12.1. The van der Waals surface area contributed by atoms with Crippen molar-refractivity contribution < 1.29 is 19.4 Å². The minimum atomic E-state index is -1.28. The van der Waals surface area contributed by atoms with E-state index in [0.717, 1.165) is 36.2 Å². The fraction of sp³-hybridized carbons (Fsp3) is 0.444. The molecule has 2 aromatic carbocycles. The molecular formula is C27H36N2O4. The molecule has 0 bridgehead atoms. The number of carboxylic acids is 1. The third kappa shape index (κ3) is 5.75. The van der Waals surface area contributed by atoms with Crippen molar-refractivity contribution in [2.24, 2.45) is 0 Å². The standard InChI is InChI=1S/C27H36N2O4/c1-6-21-23(16-11-17-24(21)33-27(4,7-2)26(30)31)29(5)18-12-15-22-19(3)32-25(28-22)20-13-9-8-10-14-20/h6,8-11,13-14,16-17,19,22,25,28H,1,7,12,15,18H2,2-5H3,(H,30,31). The summed E-state index contributed by atoms with van der Waals surface area (Å²) in [6.07, 6.45) is 4.14. The molecule has 4 unspecified atom stereocenters. The topological polar surface area (TPSA) is 71.0 Å². The van der Waals surface area contributed by atoms with Gasteiger partial charge >= 0.3 is 5.97 Å². The van der Waals surface area contributed by atoms with E-state index in [1.807, 2.05) is 44.3 Å². The van der Waals surface area contributed by atoms with Crippen LogP contribution in [0.1, 0.15) is 57.4 Å². The second kappa shape index (κ2) is 10.9. The van der Waals surface area contributed by atoms with Crippen LogP contribution in [0, 0.1) is 0 Å². The van der Waals surface area contributed by atoms with Crippen LogP contribution in [0.25, 0.3) is 6.08 Å². The molecule has 0 saturated carbocycles. The molecule has 3 rings (SSSR count). The summed E-state index contributed by atoms with van der Waals surface area (Å²) in [7, 11) is 2.04. The second-order valence-corrected chi connectivity index (χ2v) is 8.85. The van der Waals surface area contributed by atoms with Gasteiger partial charge in [-0.15, -0.1) is 0 Å². The van der Waals surface area contributed by atoms with Crippen molar-refractivity contribution in [1.82, 2.24) is 5.32 Å². The molecule has 2 N–H and O–H groups in total. The molecule has 1 aliphatic rings. The highest BCUT2D eigenvalue weighted by Gasteiger charge is 2.34. The normalized spacial score (nSPS) is 21.9. The molecule has 0 amide bonds. The molecule has 6 heteroatoms. The monoisotopic (exact) mass is 452 g/mol. The van der Waals surface area contributed by atoms with E-state index in [9.17, 15) is 9.90 Å². The van der Waals surface area contributed by atoms with Crippen LogP contribution in [0.3, 0.4) is 0 Å². The van der Waals surface area contributed by atoms with Gasteiger partial charge in [-0.25, -0.2) is 4.79 Å². The molecule has 0 radical (unpaired) electrons. The first-order chi connectivity index (χ1) is 15.8. The van der Waals surface area contributed by atoms with E-state index in [0.29, 0.717) is 12.2 Å². The molecule has 2 aromatic rings. The number of nitrogens with one attached hydrogen (secondary N) is 1. The predicted octanol–water partition coefficient (Wildman–Crippen LogP) is 5.25. The molecule has 0 aromatic heterocycles. The SMILES string of the molecule is C=Cc1c(OC(C)(CC)C(=O)O)cccc1N(C)CCCC1NC(c2ccccc2)OC1C. The first-order valence-corrected chi connectivity index (χ1v) is 11.6. The van der Waals surface area contributed by atoms with Gasteiger partial charge in [0.15, 0.2) is 0 Å². The van der Waals surface area contributed by atoms with Crippen LogP contribution in [0.15, 0.2) is 55.1 Å². The Morgan fingerprint density at radius 2 is 2.00 bits per heavy atom. The Morgan fingerprint density at radius 1 is 1.27 bits per heavy atom. The molecule has 0 aliphatic carbocycles. The minimum Gasteiger partial charge on any atom is -0.478 e. The lowest BCUT2D eigenvalue weighted by molar-refractivity contribution is -0.154. The number of rotatable bonds is 11. The molecule has 178 valence electrons. The molecule has 1 heterocycles. The Labute approximate surface area is 197 Å². The fourth-order valence-electron chi connectivity index (χ4n) is 4.14. The van der Waals surface area contributed by atoms with Crippen LogP contribution in [0.4, 0.5) is 5.69 Å². The van der Waals surface area contributed by atoms with E-state index < -0.39 is 11.6 Å². The van der Waals surface area contributed by atoms with Gasteiger partial charge in [-0.3, -0.25) is 5.32 Å². The van der Waals surface area contributed by atoms with Gasteiger partial charge in [-0.1, -0.05) is 56.0 Å². The van der Waals surface area contributed by atoms with Crippen molar-refractivity contribution in [3.05, 3.63) is 66.2 Å². The number of carbonyl (C=O) groups is 1. The lowest BCUT2D eigenvalue weighted by Crippen LogP contribution is -2.41. The third-order valence-electron chi connectivity index (χ3n) is 6.51. The summed E-state index contributed by atoms with van der Waals surface area (Å²) in [5.74, 6) is -0.445. The summed E-state index contributed by atoms with van der Waals surface area (Å²) in [6.45, 7) is 10.3. The van der Waals surface area contributed by atoms with E-state index in [1.54, 1.807) is 19.1 Å². The molecule has 1 fully saturated rings. The Balaban J connectivity index is 1.62. The number of benzene rings is 2. The number of anilines is 1. The van der Waals surface area contributed by atoms with Crippen LogP contribution in [-0.2, 0) is 9.53 Å². The molecule has 6 nitrogen and oxygen atoms in total. The maximum Gasteiger partial charge on any atom is 0.347 e. The first-order valence-electron chi connectivity index (χ1n) is 11.6. The van der Waals surface area contributed by atoms with Gasteiger partial charge in [-0.2, -0.15) is 0 Å². The van der Waals surface area contributed by atoms with Crippen LogP contribution < -0.4 is 15.0 Å². The van der Waals surface area contributed by atoms with Gasteiger partial charge in [0.2, 0.25) is 5.60 Å². The van der Waals surface area contributed by atoms with Crippen molar-refractivity contribution in [3.8, 4) is 5.75 Å². The molecule has 4 atom stereocenters. The van der Waals surface area contributed by atoms with Crippen molar-refractivity contribution in [2.45, 2.75) is 64.0 Å². The Morgan fingerprint density at radius 3 is 2.64 bits per heavy atom. The quantitative estimate of drug-likeness (QED) is 0.485. The van der Waals surface area contributed by atoms with E-state index in [2.05, 4.69) is 35.9 Å². The van der Waals surface area contributed by atoms with Crippen molar-refractivity contribution in [1.29, 1.82) is 0 Å². The summed E-state index contributed by atoms with van der Waals surface area (Å²) >= 11 is 0. The Kier molecular flexibility index (Phi) is 8.16. The number of carboxylic acid groups (broad SMARTS) is 1. The number of aliphatic carboxylic acids is 1. The number of nitrogens with zero attached hydrogens (tertiary/aromatic N) is 1. The maximum atomic E-state index is 11.7. The predicted molar refractivity (Wildman–Crippen MR) is 133 cm³/mol. The largest absolute Gasteiger partial charge is 0.478 e. The molecule has 1 saturated heterocycles. The number of hydrogen-bond donors (Lipinski definition) is 2. The highest BCUT2D eigenvalue weighted by atomic mass is 16.5. The van der Waals surface area contributed by atoms with Crippen molar-refractivity contribution in [2.75, 3.05) is 18.5 Å². The summed E-state index contributed by atoms with van der Waals surface area (Å²) in [4.78, 5) is 13.9. The third-order valence-corrected chi connectivity index (χ3v) is 6.51. The zero-order valence-electron chi connectivity index (χ0n) is 20.1. The van der Waals surface area contributed by atoms with Gasteiger partial charge in [0.25, 0.3) is 0 Å². The molecule has 0 spiro atoms.